The summed E-state index contributed by atoms with van der Waals surface area (Å²) in [6.07, 6.45) is 0. The van der Waals surface area contributed by atoms with Crippen molar-refractivity contribution in [2.24, 2.45) is 0 Å². The van der Waals surface area contributed by atoms with Gasteiger partial charge in [0.15, 0.2) is 0 Å². The molecule has 0 radical (unpaired) electrons. The van der Waals surface area contributed by atoms with Gasteiger partial charge in [-0.25, -0.2) is 4.79 Å². The number of carbonyl (C=O) groups is 1. The summed E-state index contributed by atoms with van der Waals surface area (Å²) in [5.41, 5.74) is 5.48. The van der Waals surface area contributed by atoms with Gasteiger partial charge in [-0.2, -0.15) is 0 Å². The molecule has 0 spiro atoms. The Labute approximate surface area is 215 Å². The predicted octanol–water partition coefficient (Wildman–Crippen LogP) is 10.2. The molecule has 2 heteroatoms. The van der Waals surface area contributed by atoms with E-state index in [1.54, 1.807) is 0 Å². The molecule has 3 aromatic rings. The second-order valence-electron chi connectivity index (χ2n) is 9.57. The largest absolute Gasteiger partial charge is 0.423 e. The Kier molecular flexibility index (Phi) is 13.9. The number of hydrogen-bond donors (Lipinski definition) is 0. The number of esters is 1. The lowest BCUT2D eigenvalue weighted by atomic mass is 9.86. The molecule has 2 nitrogen and oxygen atoms in total. The Hall–Kier alpha value is -2.87. The van der Waals surface area contributed by atoms with E-state index >= 15 is 0 Å². The van der Waals surface area contributed by atoms with Crippen molar-refractivity contribution in [2.45, 2.75) is 93.9 Å². The van der Waals surface area contributed by atoms with Crippen molar-refractivity contribution in [3.05, 3.63) is 89.5 Å². The molecule has 0 saturated carbocycles. The molecule has 0 unspecified atom stereocenters. The summed E-state index contributed by atoms with van der Waals surface area (Å²) in [4.78, 5) is 12.5. The molecule has 0 aliphatic rings. The van der Waals surface area contributed by atoms with E-state index in [-0.39, 0.29) is 16.8 Å². The number of hydrogen-bond acceptors (Lipinski definition) is 2. The summed E-state index contributed by atoms with van der Waals surface area (Å²) >= 11 is 0. The summed E-state index contributed by atoms with van der Waals surface area (Å²) in [7, 11) is 0. The topological polar surface area (TPSA) is 26.3 Å². The second-order valence-corrected chi connectivity index (χ2v) is 9.57. The number of ether oxygens (including phenoxy) is 1. The number of benzene rings is 3. The molecule has 0 heterocycles. The average Bonchev–Trinajstić information content (AvgIpc) is 2.87. The van der Waals surface area contributed by atoms with Gasteiger partial charge in [-0.1, -0.05) is 132 Å². The van der Waals surface area contributed by atoms with Crippen LogP contribution >= 0.6 is 0 Å². The van der Waals surface area contributed by atoms with Gasteiger partial charge in [-0.3, -0.25) is 0 Å². The first kappa shape index (κ1) is 32.1. The van der Waals surface area contributed by atoms with Gasteiger partial charge in [0.05, 0.1) is 5.56 Å². The van der Waals surface area contributed by atoms with E-state index < -0.39 is 0 Å². The third kappa shape index (κ3) is 10.1. The Morgan fingerprint density at radius 2 is 0.829 bits per heavy atom. The van der Waals surface area contributed by atoms with Gasteiger partial charge in [0, 0.05) is 0 Å². The fraction of sp³-hybridized carbons (Fsp3) is 0.424. The lowest BCUT2D eigenvalue weighted by Crippen LogP contribution is -2.11. The zero-order valence-corrected chi connectivity index (χ0v) is 24.2. The van der Waals surface area contributed by atoms with Gasteiger partial charge in [-0.15, -0.1) is 0 Å². The van der Waals surface area contributed by atoms with Crippen LogP contribution in [-0.2, 0) is 10.8 Å². The molecule has 0 aromatic heterocycles. The average molecular weight is 477 g/mol. The maximum atomic E-state index is 12.5. The fourth-order valence-corrected chi connectivity index (χ4v) is 3.15. The highest BCUT2D eigenvalue weighted by molar-refractivity contribution is 5.91. The van der Waals surface area contributed by atoms with Gasteiger partial charge in [0.25, 0.3) is 0 Å². The first-order valence-corrected chi connectivity index (χ1v) is 13.1. The van der Waals surface area contributed by atoms with Crippen LogP contribution in [0.1, 0.15) is 105 Å². The van der Waals surface area contributed by atoms with Crippen molar-refractivity contribution >= 4 is 5.97 Å². The van der Waals surface area contributed by atoms with Crippen LogP contribution in [0.4, 0.5) is 0 Å². The normalized spacial score (nSPS) is 10.4. The molecule has 0 aliphatic heterocycles. The SMILES string of the molecule is CC.CC.CC.CC(C)(C)c1ccc(OC(=O)c2ccc(-c3ccc(C(C)(C)C)cc3)cc2)cc1. The predicted molar refractivity (Wildman–Crippen MR) is 155 cm³/mol. The van der Waals surface area contributed by atoms with Crippen LogP contribution in [0.25, 0.3) is 11.1 Å². The molecule has 0 aliphatic carbocycles. The molecule has 192 valence electrons. The quantitative estimate of drug-likeness (QED) is 0.277. The zero-order chi connectivity index (χ0) is 27.2. The van der Waals surface area contributed by atoms with Crippen molar-refractivity contribution in [3.8, 4) is 16.9 Å². The highest BCUT2D eigenvalue weighted by atomic mass is 16.5. The minimum Gasteiger partial charge on any atom is -0.423 e. The summed E-state index contributed by atoms with van der Waals surface area (Å²) in [6.45, 7) is 25.1. The summed E-state index contributed by atoms with van der Waals surface area (Å²) in [5.74, 6) is 0.216. The van der Waals surface area contributed by atoms with E-state index in [1.807, 2.05) is 90.1 Å². The van der Waals surface area contributed by atoms with Crippen molar-refractivity contribution < 1.29 is 9.53 Å². The molecule has 0 fully saturated rings. The van der Waals surface area contributed by atoms with Gasteiger partial charge >= 0.3 is 5.97 Å². The van der Waals surface area contributed by atoms with E-state index in [0.717, 1.165) is 11.1 Å². The molecule has 0 saturated heterocycles. The van der Waals surface area contributed by atoms with Crippen molar-refractivity contribution in [1.82, 2.24) is 0 Å². The summed E-state index contributed by atoms with van der Waals surface area (Å²) in [5, 5.41) is 0. The molecule has 35 heavy (non-hydrogen) atoms. The number of rotatable bonds is 3. The minimum atomic E-state index is -0.344. The standard InChI is InChI=1S/C27H30O2.3C2H6/c1-26(2,3)22-13-11-20(12-14-22)19-7-9-21(10-8-19)25(28)29-24-17-15-23(16-18-24)27(4,5)6;3*1-2/h7-18H,1-6H3;3*1-2H3. The third-order valence-corrected chi connectivity index (χ3v) is 5.14. The van der Waals surface area contributed by atoms with Crippen molar-refractivity contribution in [1.29, 1.82) is 0 Å². The molecule has 3 rings (SSSR count). The lowest BCUT2D eigenvalue weighted by Gasteiger charge is -2.19. The Bertz CT molecular complexity index is 966. The summed E-state index contributed by atoms with van der Waals surface area (Å²) < 4.78 is 5.53. The fourth-order valence-electron chi connectivity index (χ4n) is 3.15. The second kappa shape index (κ2) is 15.2. The highest BCUT2D eigenvalue weighted by Gasteiger charge is 2.15. The Balaban J connectivity index is 0.00000179. The van der Waals surface area contributed by atoms with Crippen LogP contribution in [-0.4, -0.2) is 5.97 Å². The summed E-state index contributed by atoms with van der Waals surface area (Å²) in [6, 6.07) is 23.9. The van der Waals surface area contributed by atoms with E-state index in [9.17, 15) is 4.79 Å². The molecule has 0 amide bonds. The minimum absolute atomic E-state index is 0.0729. The van der Waals surface area contributed by atoms with E-state index in [1.165, 1.54) is 11.1 Å². The maximum absolute atomic E-state index is 12.5. The van der Waals surface area contributed by atoms with Crippen molar-refractivity contribution in [3.63, 3.8) is 0 Å². The van der Waals surface area contributed by atoms with E-state index in [4.69, 9.17) is 4.74 Å². The number of carbonyl (C=O) groups excluding carboxylic acids is 1. The van der Waals surface area contributed by atoms with Crippen LogP contribution in [0.15, 0.2) is 72.8 Å². The first-order chi connectivity index (χ1) is 16.5. The van der Waals surface area contributed by atoms with E-state index in [2.05, 4.69) is 65.8 Å². The zero-order valence-electron chi connectivity index (χ0n) is 24.2. The van der Waals surface area contributed by atoms with Crippen LogP contribution in [0.5, 0.6) is 5.75 Å². The van der Waals surface area contributed by atoms with Crippen molar-refractivity contribution in [2.75, 3.05) is 0 Å². The van der Waals surface area contributed by atoms with Crippen LogP contribution in [0.2, 0.25) is 0 Å². The lowest BCUT2D eigenvalue weighted by molar-refractivity contribution is 0.0734. The monoisotopic (exact) mass is 476 g/mol. The molecular weight excluding hydrogens is 428 g/mol. The molecule has 0 bridgehead atoms. The smallest absolute Gasteiger partial charge is 0.343 e. The Morgan fingerprint density at radius 3 is 1.17 bits per heavy atom. The molecule has 0 atom stereocenters. The van der Waals surface area contributed by atoms with E-state index in [0.29, 0.717) is 11.3 Å². The van der Waals surface area contributed by atoms with Gasteiger partial charge in [0.2, 0.25) is 0 Å². The molecule has 3 aromatic carbocycles. The highest BCUT2D eigenvalue weighted by Crippen LogP contribution is 2.27. The maximum Gasteiger partial charge on any atom is 0.343 e. The van der Waals surface area contributed by atoms with Crippen LogP contribution in [0.3, 0.4) is 0 Å². The third-order valence-electron chi connectivity index (χ3n) is 5.14. The van der Waals surface area contributed by atoms with Crippen LogP contribution < -0.4 is 4.74 Å². The van der Waals surface area contributed by atoms with Crippen LogP contribution in [0, 0.1) is 0 Å². The first-order valence-electron chi connectivity index (χ1n) is 13.1. The molecule has 0 N–H and O–H groups in total. The van der Waals surface area contributed by atoms with Gasteiger partial charge in [-0.05, 0) is 57.3 Å². The Morgan fingerprint density at radius 1 is 0.514 bits per heavy atom. The van der Waals surface area contributed by atoms with Gasteiger partial charge < -0.3 is 4.74 Å². The van der Waals surface area contributed by atoms with Gasteiger partial charge in [0.1, 0.15) is 5.75 Å². The molecular formula is C33H48O2.